The largest absolute Gasteiger partial charge is 0.280 e. The minimum atomic E-state index is -0.299. The third-order valence-electron chi connectivity index (χ3n) is 2.58. The molecule has 0 unspecified atom stereocenters. The van der Waals surface area contributed by atoms with Gasteiger partial charge in [-0.15, -0.1) is 0 Å². The molecular weight excluding hydrogens is 308 g/mol. The summed E-state index contributed by atoms with van der Waals surface area (Å²) in [5, 5.41) is 10.1. The molecule has 1 aromatic carbocycles. The van der Waals surface area contributed by atoms with Crippen LogP contribution in [0.2, 0.25) is 0 Å². The van der Waals surface area contributed by atoms with Crippen LogP contribution in [0.1, 0.15) is 18.1 Å². The highest BCUT2D eigenvalue weighted by Gasteiger charge is 2.02. The molecule has 2 rings (SSSR count). The maximum Gasteiger partial charge on any atom is 0.280 e. The SMILES string of the molecule is CCc1ccc(/C=N/Nc2cn[nH]c(=O)c2Br)cc1. The monoisotopic (exact) mass is 320 g/mol. The Bertz CT molecular complexity index is 634. The van der Waals surface area contributed by atoms with E-state index >= 15 is 0 Å². The third kappa shape index (κ3) is 3.51. The van der Waals surface area contributed by atoms with Gasteiger partial charge in [-0.2, -0.15) is 10.2 Å². The van der Waals surface area contributed by atoms with Crippen LogP contribution in [-0.2, 0) is 6.42 Å². The van der Waals surface area contributed by atoms with Crippen molar-refractivity contribution in [3.63, 3.8) is 0 Å². The summed E-state index contributed by atoms with van der Waals surface area (Å²) in [6.07, 6.45) is 4.19. The van der Waals surface area contributed by atoms with Gasteiger partial charge in [0.2, 0.25) is 0 Å². The van der Waals surface area contributed by atoms with Crippen molar-refractivity contribution in [3.8, 4) is 0 Å². The van der Waals surface area contributed by atoms with Crippen LogP contribution in [0.25, 0.3) is 0 Å². The number of H-pyrrole nitrogens is 1. The van der Waals surface area contributed by atoms with Gasteiger partial charge in [-0.3, -0.25) is 10.2 Å². The number of aryl methyl sites for hydroxylation is 1. The quantitative estimate of drug-likeness (QED) is 0.671. The van der Waals surface area contributed by atoms with Crippen LogP contribution in [-0.4, -0.2) is 16.4 Å². The molecule has 5 nitrogen and oxygen atoms in total. The van der Waals surface area contributed by atoms with E-state index in [1.807, 2.05) is 12.1 Å². The summed E-state index contributed by atoms with van der Waals surface area (Å²) in [5.74, 6) is 0. The van der Waals surface area contributed by atoms with Crippen molar-refractivity contribution in [1.82, 2.24) is 10.2 Å². The van der Waals surface area contributed by atoms with E-state index in [1.165, 1.54) is 11.8 Å². The lowest BCUT2D eigenvalue weighted by Gasteiger charge is -2.01. The molecule has 0 aliphatic rings. The Balaban J connectivity index is 2.07. The maximum absolute atomic E-state index is 11.3. The van der Waals surface area contributed by atoms with E-state index in [4.69, 9.17) is 0 Å². The number of hydrazone groups is 1. The number of rotatable bonds is 4. The van der Waals surface area contributed by atoms with Gasteiger partial charge in [-0.05, 0) is 33.5 Å². The zero-order valence-corrected chi connectivity index (χ0v) is 11.9. The summed E-state index contributed by atoms with van der Waals surface area (Å²) in [6.45, 7) is 2.11. The summed E-state index contributed by atoms with van der Waals surface area (Å²) in [6, 6.07) is 8.11. The molecule has 0 saturated heterocycles. The van der Waals surface area contributed by atoms with E-state index in [0.717, 1.165) is 12.0 Å². The molecular formula is C13H13BrN4O. The van der Waals surface area contributed by atoms with Crippen LogP contribution < -0.4 is 11.0 Å². The molecule has 0 spiro atoms. The molecule has 2 aromatic rings. The van der Waals surface area contributed by atoms with Crippen LogP contribution in [0.3, 0.4) is 0 Å². The molecule has 0 amide bonds. The van der Waals surface area contributed by atoms with Gasteiger partial charge in [0, 0.05) is 0 Å². The average Bonchev–Trinajstić information content (AvgIpc) is 2.44. The number of halogens is 1. The average molecular weight is 321 g/mol. The summed E-state index contributed by atoms with van der Waals surface area (Å²) in [4.78, 5) is 11.3. The highest BCUT2D eigenvalue weighted by atomic mass is 79.9. The molecule has 98 valence electrons. The Morgan fingerprint density at radius 3 is 2.84 bits per heavy atom. The Labute approximate surface area is 118 Å². The Morgan fingerprint density at radius 2 is 2.16 bits per heavy atom. The van der Waals surface area contributed by atoms with Gasteiger partial charge in [0.05, 0.1) is 18.1 Å². The van der Waals surface area contributed by atoms with Crippen LogP contribution in [0.5, 0.6) is 0 Å². The molecule has 0 fully saturated rings. The summed E-state index contributed by atoms with van der Waals surface area (Å²) in [7, 11) is 0. The smallest absolute Gasteiger partial charge is 0.275 e. The van der Waals surface area contributed by atoms with Crippen molar-refractivity contribution >= 4 is 27.8 Å². The van der Waals surface area contributed by atoms with Crippen LogP contribution in [0.15, 0.2) is 44.8 Å². The van der Waals surface area contributed by atoms with E-state index in [1.54, 1.807) is 6.21 Å². The third-order valence-corrected chi connectivity index (χ3v) is 3.37. The minimum Gasteiger partial charge on any atom is -0.275 e. The molecule has 6 heteroatoms. The lowest BCUT2D eigenvalue weighted by Crippen LogP contribution is -2.10. The standard InChI is InChI=1S/C13H13BrN4O/c1-2-9-3-5-10(6-4-9)7-15-17-11-8-16-18-13(19)12(11)14/h3-8H,2H2,1H3,(H2,17,18,19)/b15-7+. The number of nitrogens with one attached hydrogen (secondary N) is 2. The fourth-order valence-corrected chi connectivity index (χ4v) is 1.76. The topological polar surface area (TPSA) is 70.1 Å². The molecule has 0 atom stereocenters. The van der Waals surface area contributed by atoms with E-state index < -0.39 is 0 Å². The second-order valence-electron chi connectivity index (χ2n) is 3.89. The molecule has 0 saturated carbocycles. The first-order chi connectivity index (χ1) is 9.20. The van der Waals surface area contributed by atoms with Crippen molar-refractivity contribution in [2.24, 2.45) is 5.10 Å². The number of hydrogen-bond donors (Lipinski definition) is 2. The number of nitrogens with zero attached hydrogens (tertiary/aromatic N) is 2. The molecule has 0 aliphatic carbocycles. The molecule has 2 N–H and O–H groups in total. The Hall–Kier alpha value is -1.95. The zero-order valence-electron chi connectivity index (χ0n) is 10.4. The van der Waals surface area contributed by atoms with Crippen LogP contribution in [0, 0.1) is 0 Å². The molecule has 0 bridgehead atoms. The zero-order chi connectivity index (χ0) is 13.7. The Kier molecular flexibility index (Phi) is 4.46. The van der Waals surface area contributed by atoms with Gasteiger partial charge in [0.1, 0.15) is 4.47 Å². The Morgan fingerprint density at radius 1 is 1.42 bits per heavy atom. The van der Waals surface area contributed by atoms with Crippen molar-refractivity contribution in [2.75, 3.05) is 5.43 Å². The summed E-state index contributed by atoms with van der Waals surface area (Å²) in [5.41, 5.74) is 5.26. The van der Waals surface area contributed by atoms with E-state index in [9.17, 15) is 4.79 Å². The van der Waals surface area contributed by atoms with Gasteiger partial charge in [-0.1, -0.05) is 31.2 Å². The van der Waals surface area contributed by atoms with Crippen molar-refractivity contribution in [2.45, 2.75) is 13.3 Å². The first-order valence-corrected chi connectivity index (χ1v) is 6.61. The number of aromatic nitrogens is 2. The van der Waals surface area contributed by atoms with E-state index in [-0.39, 0.29) is 5.56 Å². The van der Waals surface area contributed by atoms with Crippen molar-refractivity contribution in [1.29, 1.82) is 0 Å². The van der Waals surface area contributed by atoms with Gasteiger partial charge in [-0.25, -0.2) is 5.10 Å². The van der Waals surface area contributed by atoms with E-state index in [2.05, 4.69) is 55.7 Å². The molecule has 0 radical (unpaired) electrons. The first kappa shape index (κ1) is 13.5. The maximum atomic E-state index is 11.3. The predicted molar refractivity (Wildman–Crippen MR) is 79.6 cm³/mol. The second-order valence-corrected chi connectivity index (χ2v) is 4.68. The van der Waals surface area contributed by atoms with Gasteiger partial charge in [0.15, 0.2) is 0 Å². The fourth-order valence-electron chi connectivity index (χ4n) is 1.48. The van der Waals surface area contributed by atoms with Gasteiger partial charge in [0.25, 0.3) is 5.56 Å². The summed E-state index contributed by atoms with van der Waals surface area (Å²) >= 11 is 3.17. The predicted octanol–water partition coefficient (Wildman–Crippen LogP) is 2.54. The minimum absolute atomic E-state index is 0.299. The highest BCUT2D eigenvalue weighted by Crippen LogP contribution is 2.14. The van der Waals surface area contributed by atoms with Crippen LogP contribution in [0.4, 0.5) is 5.69 Å². The number of aromatic amines is 1. The lowest BCUT2D eigenvalue weighted by molar-refractivity contribution is 0.977. The molecule has 0 aliphatic heterocycles. The molecule has 19 heavy (non-hydrogen) atoms. The number of hydrogen-bond acceptors (Lipinski definition) is 4. The van der Waals surface area contributed by atoms with Gasteiger partial charge < -0.3 is 0 Å². The van der Waals surface area contributed by atoms with Crippen molar-refractivity contribution in [3.05, 3.63) is 56.4 Å². The fraction of sp³-hybridized carbons (Fsp3) is 0.154. The van der Waals surface area contributed by atoms with Crippen molar-refractivity contribution < 1.29 is 0 Å². The molecule has 1 heterocycles. The van der Waals surface area contributed by atoms with Gasteiger partial charge >= 0.3 is 0 Å². The second kappa shape index (κ2) is 6.29. The lowest BCUT2D eigenvalue weighted by atomic mass is 10.1. The first-order valence-electron chi connectivity index (χ1n) is 5.82. The number of anilines is 1. The highest BCUT2D eigenvalue weighted by molar-refractivity contribution is 9.10. The number of benzene rings is 1. The van der Waals surface area contributed by atoms with E-state index in [0.29, 0.717) is 10.2 Å². The normalized spacial score (nSPS) is 10.8. The molecule has 1 aromatic heterocycles. The summed E-state index contributed by atoms with van der Waals surface area (Å²) < 4.78 is 0.376. The van der Waals surface area contributed by atoms with Crippen LogP contribution >= 0.6 is 15.9 Å².